The number of benzene rings is 2. The maximum absolute atomic E-state index is 13.2. The van der Waals surface area contributed by atoms with Crippen LogP contribution >= 0.6 is 0 Å². The number of rotatable bonds is 3. The summed E-state index contributed by atoms with van der Waals surface area (Å²) in [7, 11) is -2.01. The maximum atomic E-state index is 13.2. The number of hydrogen-bond donors (Lipinski definition) is 2. The van der Waals surface area contributed by atoms with Crippen molar-refractivity contribution >= 4 is 34.7 Å². The van der Waals surface area contributed by atoms with Gasteiger partial charge in [0.1, 0.15) is 16.7 Å². The summed E-state index contributed by atoms with van der Waals surface area (Å²) < 4.78 is 56.2. The van der Waals surface area contributed by atoms with Gasteiger partial charge in [0.05, 0.1) is 16.1 Å². The molecule has 0 aliphatic carbocycles. The number of carbonyl (C=O) groups excluding carboxylic acids is 1. The molecule has 1 heterocycles. The van der Waals surface area contributed by atoms with E-state index in [2.05, 4.69) is 5.32 Å². The molecule has 0 fully saturated rings. The van der Waals surface area contributed by atoms with Gasteiger partial charge in [-0.3, -0.25) is 4.79 Å². The van der Waals surface area contributed by atoms with Gasteiger partial charge >= 0.3 is 6.18 Å². The summed E-state index contributed by atoms with van der Waals surface area (Å²) in [6, 6.07) is 8.15. The van der Waals surface area contributed by atoms with Crippen molar-refractivity contribution in [3.8, 4) is 5.75 Å². The molecule has 0 bridgehead atoms. The normalized spacial score (nSPS) is 15.3. The van der Waals surface area contributed by atoms with Crippen molar-refractivity contribution in [1.29, 1.82) is 0 Å². The number of alkyl halides is 3. The Kier molecular flexibility index (Phi) is 4.84. The van der Waals surface area contributed by atoms with Gasteiger partial charge in [0.2, 0.25) is 0 Å². The number of fused-ring (bicyclic) bond motifs is 1. The number of nitrogens with one attached hydrogen (secondary N) is 1. The Morgan fingerprint density at radius 3 is 2.62 bits per heavy atom. The molecular weight excluding hydrogens is 369 g/mol. The van der Waals surface area contributed by atoms with Crippen molar-refractivity contribution in [2.75, 3.05) is 11.9 Å². The third-order valence-corrected chi connectivity index (χ3v) is 4.37. The molecule has 136 valence electrons. The van der Waals surface area contributed by atoms with Crippen LogP contribution in [0.25, 0.3) is 12.2 Å². The maximum Gasteiger partial charge on any atom is 0.417 e. The Morgan fingerprint density at radius 1 is 1.15 bits per heavy atom. The Morgan fingerprint density at radius 2 is 1.92 bits per heavy atom. The summed E-state index contributed by atoms with van der Waals surface area (Å²) in [4.78, 5) is 11.2. The van der Waals surface area contributed by atoms with Crippen molar-refractivity contribution in [2.24, 2.45) is 5.14 Å². The molecule has 3 rings (SSSR count). The minimum absolute atomic E-state index is 0.0774. The minimum atomic E-state index is -4.62. The number of amides is 1. The summed E-state index contributed by atoms with van der Waals surface area (Å²) in [5, 5.41) is 7.79. The quantitative estimate of drug-likeness (QED) is 0.800. The van der Waals surface area contributed by atoms with Crippen LogP contribution in [0.1, 0.15) is 16.7 Å². The molecule has 1 unspecified atom stereocenters. The first-order valence-corrected chi connectivity index (χ1v) is 8.57. The first-order valence-electron chi connectivity index (χ1n) is 7.36. The van der Waals surface area contributed by atoms with Gasteiger partial charge in [-0.15, -0.1) is 0 Å². The van der Waals surface area contributed by atoms with Crippen LogP contribution in [0.2, 0.25) is 0 Å². The van der Waals surface area contributed by atoms with Crippen LogP contribution in [-0.2, 0) is 22.0 Å². The van der Waals surface area contributed by atoms with E-state index >= 15 is 0 Å². The van der Waals surface area contributed by atoms with Crippen LogP contribution in [0.15, 0.2) is 41.3 Å². The van der Waals surface area contributed by atoms with Crippen LogP contribution in [0, 0.1) is 0 Å². The first kappa shape index (κ1) is 18.2. The molecule has 0 saturated carbocycles. The number of nitrogens with two attached hydrogens (primary N) is 1. The minimum Gasteiger partial charge on any atom is -0.482 e. The van der Waals surface area contributed by atoms with Gasteiger partial charge in [0.15, 0.2) is 6.61 Å². The van der Waals surface area contributed by atoms with Gasteiger partial charge in [-0.2, -0.15) is 13.2 Å². The summed E-state index contributed by atoms with van der Waals surface area (Å²) in [5.41, 5.74) is 0.00632. The summed E-state index contributed by atoms with van der Waals surface area (Å²) in [6.45, 7) is -0.0774. The van der Waals surface area contributed by atoms with Crippen molar-refractivity contribution < 1.29 is 26.9 Å². The van der Waals surface area contributed by atoms with Crippen molar-refractivity contribution in [3.63, 3.8) is 0 Å². The predicted molar refractivity (Wildman–Crippen MR) is 91.5 cm³/mol. The summed E-state index contributed by atoms with van der Waals surface area (Å²) in [5.74, 6) is 0.191. The lowest BCUT2D eigenvalue weighted by atomic mass is 10.0. The molecule has 1 atom stereocenters. The highest BCUT2D eigenvalue weighted by atomic mass is 32.2. The molecule has 1 aliphatic rings. The molecule has 0 spiro atoms. The average Bonchev–Trinajstić information content (AvgIpc) is 2.58. The molecule has 1 aliphatic heterocycles. The van der Waals surface area contributed by atoms with E-state index in [0.29, 0.717) is 17.0 Å². The second-order valence-corrected chi connectivity index (χ2v) is 6.54. The van der Waals surface area contributed by atoms with E-state index in [9.17, 15) is 22.2 Å². The number of carbonyl (C=O) groups is 1. The molecular formula is C17H13F3N2O3S. The largest absolute Gasteiger partial charge is 0.482 e. The lowest BCUT2D eigenvalue weighted by molar-refractivity contribution is -0.137. The molecule has 0 saturated heterocycles. The van der Waals surface area contributed by atoms with Gasteiger partial charge in [-0.1, -0.05) is 24.3 Å². The van der Waals surface area contributed by atoms with E-state index < -0.39 is 22.7 Å². The number of hydrogen-bond acceptors (Lipinski definition) is 3. The zero-order valence-electron chi connectivity index (χ0n) is 13.2. The monoisotopic (exact) mass is 382 g/mol. The van der Waals surface area contributed by atoms with E-state index in [-0.39, 0.29) is 23.0 Å². The predicted octanol–water partition coefficient (Wildman–Crippen LogP) is 3.19. The van der Waals surface area contributed by atoms with Gasteiger partial charge in [0, 0.05) is 0 Å². The molecule has 5 nitrogen and oxygen atoms in total. The van der Waals surface area contributed by atoms with Crippen LogP contribution < -0.4 is 15.2 Å². The topological polar surface area (TPSA) is 81.4 Å². The number of anilines is 1. The Balaban J connectivity index is 1.94. The van der Waals surface area contributed by atoms with E-state index in [4.69, 9.17) is 9.88 Å². The fraction of sp³-hybridized carbons (Fsp3) is 0.118. The third-order valence-electron chi connectivity index (χ3n) is 3.65. The highest BCUT2D eigenvalue weighted by Gasteiger charge is 2.33. The fourth-order valence-electron chi connectivity index (χ4n) is 2.44. The lowest BCUT2D eigenvalue weighted by Gasteiger charge is -2.18. The molecule has 0 radical (unpaired) electrons. The Bertz CT molecular complexity index is 926. The molecule has 26 heavy (non-hydrogen) atoms. The SMILES string of the molecule is NS(=O)c1ccc(/C=C/c2ccc3c(c2)NC(=O)CO3)c(C(F)(F)F)c1. The highest BCUT2D eigenvalue weighted by Crippen LogP contribution is 2.34. The van der Waals surface area contributed by atoms with Gasteiger partial charge in [-0.05, 0) is 35.4 Å². The van der Waals surface area contributed by atoms with Crippen molar-refractivity contribution in [3.05, 3.63) is 53.1 Å². The average molecular weight is 382 g/mol. The molecule has 1 amide bonds. The summed E-state index contributed by atoms with van der Waals surface area (Å²) in [6.07, 6.45) is -1.85. The van der Waals surface area contributed by atoms with Gasteiger partial charge < -0.3 is 10.1 Å². The van der Waals surface area contributed by atoms with Crippen molar-refractivity contribution in [2.45, 2.75) is 11.1 Å². The molecule has 9 heteroatoms. The van der Waals surface area contributed by atoms with E-state index in [1.165, 1.54) is 24.3 Å². The van der Waals surface area contributed by atoms with Crippen LogP contribution in [0.5, 0.6) is 5.75 Å². The molecule has 0 aromatic heterocycles. The summed E-state index contributed by atoms with van der Waals surface area (Å²) >= 11 is 0. The molecule has 3 N–H and O–H groups in total. The lowest BCUT2D eigenvalue weighted by Crippen LogP contribution is -2.25. The second-order valence-electron chi connectivity index (χ2n) is 5.47. The first-order chi connectivity index (χ1) is 12.2. The van der Waals surface area contributed by atoms with E-state index in [1.54, 1.807) is 18.2 Å². The van der Waals surface area contributed by atoms with Gasteiger partial charge in [-0.25, -0.2) is 9.35 Å². The third kappa shape index (κ3) is 3.94. The number of halogens is 3. The van der Waals surface area contributed by atoms with Gasteiger partial charge in [0.25, 0.3) is 5.91 Å². The van der Waals surface area contributed by atoms with Crippen LogP contribution in [0.4, 0.5) is 18.9 Å². The van der Waals surface area contributed by atoms with E-state index in [0.717, 1.165) is 6.07 Å². The smallest absolute Gasteiger partial charge is 0.417 e. The highest BCUT2D eigenvalue weighted by molar-refractivity contribution is 7.82. The van der Waals surface area contributed by atoms with Crippen LogP contribution in [-0.4, -0.2) is 16.7 Å². The molecule has 2 aromatic carbocycles. The molecule has 2 aromatic rings. The van der Waals surface area contributed by atoms with Crippen LogP contribution in [0.3, 0.4) is 0 Å². The second kappa shape index (κ2) is 6.93. The Labute approximate surface area is 149 Å². The van der Waals surface area contributed by atoms with E-state index in [1.807, 2.05) is 0 Å². The fourth-order valence-corrected chi connectivity index (χ4v) is 2.88. The zero-order chi connectivity index (χ0) is 18.9. The zero-order valence-corrected chi connectivity index (χ0v) is 14.0. The Hall–Kier alpha value is -2.65. The number of ether oxygens (including phenoxy) is 1. The van der Waals surface area contributed by atoms with Crippen molar-refractivity contribution in [1.82, 2.24) is 0 Å². The standard InChI is InChI=1S/C17H13F3N2O3S/c18-17(19,20)13-8-12(26(21)24)5-4-11(13)3-1-10-2-6-15-14(7-10)22-16(23)9-25-15/h1-8H,9,21H2,(H,22,23)/b3-1+.